The largest absolute Gasteiger partial charge is 0.309 e. The average Bonchev–Trinajstić information content (AvgIpc) is 3.16. The molecule has 1 aromatic heterocycles. The van der Waals surface area contributed by atoms with Crippen LogP contribution in [-0.2, 0) is 16.6 Å². The smallest absolute Gasteiger partial charge is 0.216 e. The first-order chi connectivity index (χ1) is 9.16. The van der Waals surface area contributed by atoms with Crippen LogP contribution in [-0.4, -0.2) is 37.1 Å². The molecule has 1 aliphatic carbocycles. The molecular weight excluding hydrogens is 280 g/mol. The van der Waals surface area contributed by atoms with Gasteiger partial charge >= 0.3 is 0 Å². The van der Waals surface area contributed by atoms with Crippen molar-refractivity contribution >= 4 is 21.4 Å². The van der Waals surface area contributed by atoms with Gasteiger partial charge in [-0.2, -0.15) is 0 Å². The van der Waals surface area contributed by atoms with E-state index in [-0.39, 0.29) is 5.25 Å². The molecule has 1 saturated carbocycles. The highest BCUT2D eigenvalue weighted by Crippen LogP contribution is 2.32. The normalized spacial score (nSPS) is 22.7. The zero-order valence-corrected chi connectivity index (χ0v) is 12.5. The maximum Gasteiger partial charge on any atom is 0.216 e. The molecule has 0 atom stereocenters. The Morgan fingerprint density at radius 3 is 2.58 bits per heavy atom. The molecule has 6 heteroatoms. The summed E-state index contributed by atoms with van der Waals surface area (Å²) in [4.78, 5) is 1.34. The van der Waals surface area contributed by atoms with E-state index in [1.54, 1.807) is 15.6 Å². The molecule has 19 heavy (non-hydrogen) atoms. The Balaban J connectivity index is 1.47. The quantitative estimate of drug-likeness (QED) is 0.902. The average molecular weight is 300 g/mol. The molecule has 0 amide bonds. The Labute approximate surface area is 118 Å². The van der Waals surface area contributed by atoms with Gasteiger partial charge in [-0.05, 0) is 37.1 Å². The fourth-order valence-electron chi connectivity index (χ4n) is 2.55. The van der Waals surface area contributed by atoms with Crippen molar-refractivity contribution in [2.75, 3.05) is 13.1 Å². The predicted molar refractivity (Wildman–Crippen MR) is 77.7 cm³/mol. The summed E-state index contributed by atoms with van der Waals surface area (Å²) in [5, 5.41) is 5.55. The third-order valence-electron chi connectivity index (χ3n) is 3.90. The van der Waals surface area contributed by atoms with Crippen LogP contribution < -0.4 is 5.32 Å². The second kappa shape index (κ2) is 5.52. The van der Waals surface area contributed by atoms with Crippen molar-refractivity contribution in [1.82, 2.24) is 9.62 Å². The molecule has 0 radical (unpaired) electrons. The standard InChI is InChI=1S/C13H20N2O2S2/c16-19(17,13-3-4-13)15-7-5-11(6-8-15)14-10-12-2-1-9-18-12/h1-2,9,11,13-14H,3-8,10H2. The van der Waals surface area contributed by atoms with Crippen LogP contribution in [0.3, 0.4) is 0 Å². The number of hydrogen-bond donors (Lipinski definition) is 1. The zero-order valence-electron chi connectivity index (χ0n) is 10.9. The van der Waals surface area contributed by atoms with Gasteiger partial charge in [-0.3, -0.25) is 0 Å². The molecule has 3 rings (SSSR count). The van der Waals surface area contributed by atoms with Gasteiger partial charge in [-0.25, -0.2) is 12.7 Å². The Kier molecular flexibility index (Phi) is 3.93. The molecule has 1 aromatic rings. The Bertz CT molecular complexity index is 501. The van der Waals surface area contributed by atoms with Crippen LogP contribution in [0, 0.1) is 0 Å². The maximum atomic E-state index is 12.1. The Morgan fingerprint density at radius 2 is 2.00 bits per heavy atom. The van der Waals surface area contributed by atoms with Crippen molar-refractivity contribution in [2.45, 2.75) is 43.5 Å². The van der Waals surface area contributed by atoms with Gasteiger partial charge in [0.05, 0.1) is 5.25 Å². The van der Waals surface area contributed by atoms with Crippen molar-refractivity contribution < 1.29 is 8.42 Å². The minimum absolute atomic E-state index is 0.0665. The molecule has 4 nitrogen and oxygen atoms in total. The first-order valence-corrected chi connectivity index (χ1v) is 9.29. The van der Waals surface area contributed by atoms with Gasteiger partial charge in [0.1, 0.15) is 0 Å². The van der Waals surface area contributed by atoms with Crippen LogP contribution in [0.25, 0.3) is 0 Å². The third kappa shape index (κ3) is 3.18. The fraction of sp³-hybridized carbons (Fsp3) is 0.692. The monoisotopic (exact) mass is 300 g/mol. The second-order valence-corrected chi connectivity index (χ2v) is 8.62. The van der Waals surface area contributed by atoms with Crippen LogP contribution in [0.2, 0.25) is 0 Å². The molecule has 1 aliphatic heterocycles. The number of sulfonamides is 1. The molecule has 0 aromatic carbocycles. The van der Waals surface area contributed by atoms with E-state index in [1.807, 2.05) is 0 Å². The summed E-state index contributed by atoms with van der Waals surface area (Å²) in [5.41, 5.74) is 0. The van der Waals surface area contributed by atoms with Crippen molar-refractivity contribution in [1.29, 1.82) is 0 Å². The third-order valence-corrected chi connectivity index (χ3v) is 7.18. The van der Waals surface area contributed by atoms with Gasteiger partial charge in [0.2, 0.25) is 10.0 Å². The number of hydrogen-bond acceptors (Lipinski definition) is 4. The van der Waals surface area contributed by atoms with E-state index in [9.17, 15) is 8.42 Å². The minimum atomic E-state index is -2.96. The Morgan fingerprint density at radius 1 is 1.26 bits per heavy atom. The van der Waals surface area contributed by atoms with E-state index < -0.39 is 10.0 Å². The van der Waals surface area contributed by atoms with Crippen LogP contribution in [0.1, 0.15) is 30.6 Å². The lowest BCUT2D eigenvalue weighted by Gasteiger charge is -2.31. The van der Waals surface area contributed by atoms with Crippen molar-refractivity contribution in [3.8, 4) is 0 Å². The van der Waals surface area contributed by atoms with E-state index >= 15 is 0 Å². The van der Waals surface area contributed by atoms with Crippen molar-refractivity contribution in [3.05, 3.63) is 22.4 Å². The first-order valence-electron chi connectivity index (χ1n) is 6.91. The molecule has 1 saturated heterocycles. The highest BCUT2D eigenvalue weighted by molar-refractivity contribution is 7.90. The van der Waals surface area contributed by atoms with Gasteiger partial charge < -0.3 is 5.32 Å². The van der Waals surface area contributed by atoms with Crippen LogP contribution in [0.5, 0.6) is 0 Å². The summed E-state index contributed by atoms with van der Waals surface area (Å²) < 4.78 is 25.9. The molecule has 2 fully saturated rings. The highest BCUT2D eigenvalue weighted by Gasteiger charge is 2.41. The minimum Gasteiger partial charge on any atom is -0.309 e. The second-order valence-electron chi connectivity index (χ2n) is 5.38. The van der Waals surface area contributed by atoms with Gasteiger partial charge in [0.15, 0.2) is 0 Å². The lowest BCUT2D eigenvalue weighted by molar-refractivity contribution is 0.288. The molecule has 0 spiro atoms. The molecule has 106 valence electrons. The number of nitrogens with zero attached hydrogens (tertiary/aromatic N) is 1. The van der Waals surface area contributed by atoms with Gasteiger partial charge in [-0.15, -0.1) is 11.3 Å². The SMILES string of the molecule is O=S(=O)(C1CC1)N1CCC(NCc2cccs2)CC1. The molecule has 2 aliphatic rings. The molecule has 0 bridgehead atoms. The van der Waals surface area contributed by atoms with Gasteiger partial charge in [0.25, 0.3) is 0 Å². The summed E-state index contributed by atoms with van der Waals surface area (Å²) in [6.45, 7) is 2.26. The lowest BCUT2D eigenvalue weighted by atomic mass is 10.1. The number of thiophene rings is 1. The summed E-state index contributed by atoms with van der Waals surface area (Å²) in [6, 6.07) is 4.64. The van der Waals surface area contributed by atoms with Gasteiger partial charge in [-0.1, -0.05) is 6.07 Å². The molecule has 1 N–H and O–H groups in total. The summed E-state index contributed by atoms with van der Waals surface area (Å²) in [5.74, 6) is 0. The van der Waals surface area contributed by atoms with Crippen LogP contribution >= 0.6 is 11.3 Å². The summed E-state index contributed by atoms with van der Waals surface area (Å²) in [7, 11) is -2.96. The van der Waals surface area contributed by atoms with E-state index in [1.165, 1.54) is 4.88 Å². The van der Waals surface area contributed by atoms with Crippen LogP contribution in [0.4, 0.5) is 0 Å². The van der Waals surface area contributed by atoms with Crippen molar-refractivity contribution in [2.24, 2.45) is 0 Å². The highest BCUT2D eigenvalue weighted by atomic mass is 32.2. The molecular formula is C13H20N2O2S2. The zero-order chi connectivity index (χ0) is 13.3. The van der Waals surface area contributed by atoms with E-state index in [0.29, 0.717) is 19.1 Å². The lowest BCUT2D eigenvalue weighted by Crippen LogP contribution is -2.45. The first kappa shape index (κ1) is 13.5. The van der Waals surface area contributed by atoms with Crippen LogP contribution in [0.15, 0.2) is 17.5 Å². The summed E-state index contributed by atoms with van der Waals surface area (Å²) >= 11 is 1.76. The van der Waals surface area contributed by atoms with Crippen molar-refractivity contribution in [3.63, 3.8) is 0 Å². The molecule has 0 unspecified atom stereocenters. The maximum absolute atomic E-state index is 12.1. The van der Waals surface area contributed by atoms with Gasteiger partial charge in [0, 0.05) is 30.6 Å². The Hall–Kier alpha value is -0.430. The number of piperidine rings is 1. The van der Waals surface area contributed by atoms with E-state index in [4.69, 9.17) is 0 Å². The van der Waals surface area contributed by atoms with E-state index in [2.05, 4.69) is 22.8 Å². The topological polar surface area (TPSA) is 49.4 Å². The summed E-state index contributed by atoms with van der Waals surface area (Å²) in [6.07, 6.45) is 3.58. The van der Waals surface area contributed by atoms with E-state index in [0.717, 1.165) is 32.2 Å². The fourth-order valence-corrected chi connectivity index (χ4v) is 5.08. The predicted octanol–water partition coefficient (Wildman–Crippen LogP) is 1.79. The number of rotatable bonds is 5. The number of nitrogens with one attached hydrogen (secondary N) is 1. The molecule has 2 heterocycles.